The lowest BCUT2D eigenvalue weighted by atomic mass is 9.82. The van der Waals surface area contributed by atoms with Gasteiger partial charge in [-0.2, -0.15) is 0 Å². The molecular weight excluding hydrogens is 488 g/mol. The van der Waals surface area contributed by atoms with E-state index in [4.69, 9.17) is 18.6 Å². The number of aromatic hydroxyl groups is 1. The van der Waals surface area contributed by atoms with Crippen molar-refractivity contribution < 1.29 is 33.3 Å². The molecular formula is C30H26O8. The van der Waals surface area contributed by atoms with Gasteiger partial charge in [-0.1, -0.05) is 42.5 Å². The molecule has 8 heteroatoms. The molecule has 1 N–H and O–H groups in total. The maximum Gasteiger partial charge on any atom is 0.336 e. The van der Waals surface area contributed by atoms with E-state index in [9.17, 15) is 19.5 Å². The van der Waals surface area contributed by atoms with E-state index in [2.05, 4.69) is 0 Å². The van der Waals surface area contributed by atoms with Crippen LogP contribution in [0.15, 0.2) is 63.8 Å². The Balaban J connectivity index is 1.72. The minimum atomic E-state index is -0.709. The van der Waals surface area contributed by atoms with E-state index in [-0.39, 0.29) is 28.7 Å². The van der Waals surface area contributed by atoms with E-state index in [1.165, 1.54) is 20.1 Å². The lowest BCUT2D eigenvalue weighted by Gasteiger charge is -2.29. The highest BCUT2D eigenvalue weighted by Crippen LogP contribution is 2.51. The zero-order chi connectivity index (χ0) is 27.0. The predicted octanol–water partition coefficient (Wildman–Crippen LogP) is 5.08. The number of ether oxygens (including phenoxy) is 3. The number of methoxy groups -OCH3 is 1. The van der Waals surface area contributed by atoms with Crippen molar-refractivity contribution in [2.75, 3.05) is 13.7 Å². The third kappa shape index (κ3) is 4.38. The second kappa shape index (κ2) is 10.0. The molecule has 0 aliphatic carbocycles. The summed E-state index contributed by atoms with van der Waals surface area (Å²) < 4.78 is 22.9. The van der Waals surface area contributed by atoms with E-state index < -0.39 is 29.0 Å². The summed E-state index contributed by atoms with van der Waals surface area (Å²) >= 11 is 0. The van der Waals surface area contributed by atoms with E-state index in [0.29, 0.717) is 41.2 Å². The van der Waals surface area contributed by atoms with Gasteiger partial charge >= 0.3 is 11.6 Å². The van der Waals surface area contributed by atoms with Gasteiger partial charge in [-0.05, 0) is 31.0 Å². The Morgan fingerprint density at radius 1 is 1.11 bits per heavy atom. The molecule has 0 radical (unpaired) electrons. The normalized spacial score (nSPS) is 14.6. The van der Waals surface area contributed by atoms with Crippen molar-refractivity contribution in [2.45, 2.75) is 32.6 Å². The number of ketones is 1. The maximum atomic E-state index is 12.9. The number of esters is 1. The Hall–Kier alpha value is -4.59. The number of rotatable bonds is 7. The average Bonchev–Trinajstić information content (AvgIpc) is 2.88. The van der Waals surface area contributed by atoms with Crippen LogP contribution in [-0.2, 0) is 11.2 Å². The lowest BCUT2D eigenvalue weighted by molar-refractivity contribution is -0.135. The number of carbonyl (C=O) groups excluding carboxylic acids is 2. The molecule has 0 saturated heterocycles. The molecule has 38 heavy (non-hydrogen) atoms. The maximum absolute atomic E-state index is 12.9. The van der Waals surface area contributed by atoms with Crippen molar-refractivity contribution in [2.24, 2.45) is 0 Å². The van der Waals surface area contributed by atoms with Crippen molar-refractivity contribution in [3.63, 3.8) is 0 Å². The highest BCUT2D eigenvalue weighted by molar-refractivity contribution is 6.09. The second-order valence-electron chi connectivity index (χ2n) is 9.17. The molecule has 8 nitrogen and oxygen atoms in total. The smallest absolute Gasteiger partial charge is 0.336 e. The van der Waals surface area contributed by atoms with Crippen molar-refractivity contribution >= 4 is 22.7 Å². The highest BCUT2D eigenvalue weighted by atomic mass is 16.5. The van der Waals surface area contributed by atoms with Crippen LogP contribution in [0.3, 0.4) is 0 Å². The van der Waals surface area contributed by atoms with Gasteiger partial charge in [0.2, 0.25) is 0 Å². The number of para-hydroxylation sites is 1. The standard InChI is InChI=1S/C30H26O8/c1-16-14-22(32)37-29-24(16)27(34)25(17(2)31)30-26(29)20(15-23(33)38-30)19-10-7-11-21(35-3)28(19)36-13-12-18-8-5-4-6-9-18/h4-11,14,20,34H,12-13,15H2,1-3H3. The number of phenols is 1. The highest BCUT2D eigenvalue weighted by Gasteiger charge is 2.38. The molecule has 1 unspecified atom stereocenters. The predicted molar refractivity (Wildman–Crippen MR) is 140 cm³/mol. The zero-order valence-electron chi connectivity index (χ0n) is 21.2. The summed E-state index contributed by atoms with van der Waals surface area (Å²) in [6.45, 7) is 3.25. The molecule has 194 valence electrons. The molecule has 4 aromatic rings. The van der Waals surface area contributed by atoms with Crippen LogP contribution >= 0.6 is 0 Å². The molecule has 1 aliphatic rings. The SMILES string of the molecule is COc1cccc(C2CC(=O)Oc3c(C(C)=O)c(O)c4c(C)cc(=O)oc4c32)c1OCCc1ccccc1. The fraction of sp³-hybridized carbons (Fsp3) is 0.233. The molecule has 1 atom stereocenters. The zero-order valence-corrected chi connectivity index (χ0v) is 21.2. The molecule has 3 aromatic carbocycles. The summed E-state index contributed by atoms with van der Waals surface area (Å²) in [5, 5.41) is 11.2. The number of hydrogen-bond acceptors (Lipinski definition) is 8. The average molecular weight is 515 g/mol. The van der Waals surface area contributed by atoms with Crippen LogP contribution in [0.2, 0.25) is 0 Å². The number of Topliss-reactive ketones (excluding diaryl/α,β-unsaturated/α-hetero) is 1. The first-order valence-electron chi connectivity index (χ1n) is 12.2. The fourth-order valence-electron chi connectivity index (χ4n) is 5.04. The number of phenolic OH excluding ortho intramolecular Hbond substituents is 1. The van der Waals surface area contributed by atoms with Gasteiger partial charge < -0.3 is 23.7 Å². The Morgan fingerprint density at radius 3 is 2.58 bits per heavy atom. The lowest BCUT2D eigenvalue weighted by Crippen LogP contribution is -2.24. The molecule has 2 heterocycles. The first kappa shape index (κ1) is 25.1. The van der Waals surface area contributed by atoms with Gasteiger partial charge in [0.05, 0.1) is 25.5 Å². The summed E-state index contributed by atoms with van der Waals surface area (Å²) in [5.74, 6) is -1.43. The van der Waals surface area contributed by atoms with E-state index in [0.717, 1.165) is 5.56 Å². The van der Waals surface area contributed by atoms with Crippen LogP contribution < -0.4 is 19.8 Å². The summed E-state index contributed by atoms with van der Waals surface area (Å²) in [5.41, 5.74) is 1.73. The quantitative estimate of drug-likeness (QED) is 0.157. The molecule has 5 rings (SSSR count). The van der Waals surface area contributed by atoms with Gasteiger partial charge in [0.1, 0.15) is 16.9 Å². The van der Waals surface area contributed by atoms with Gasteiger partial charge in [0, 0.05) is 29.5 Å². The van der Waals surface area contributed by atoms with E-state index >= 15 is 0 Å². The minimum absolute atomic E-state index is 0.0584. The minimum Gasteiger partial charge on any atom is -0.506 e. The van der Waals surface area contributed by atoms with E-state index in [1.54, 1.807) is 25.1 Å². The van der Waals surface area contributed by atoms with Crippen LogP contribution in [0, 0.1) is 6.92 Å². The Labute approximate surface area is 218 Å². The first-order valence-corrected chi connectivity index (χ1v) is 12.2. The topological polar surface area (TPSA) is 112 Å². The van der Waals surface area contributed by atoms with Crippen LogP contribution in [-0.4, -0.2) is 30.6 Å². The van der Waals surface area contributed by atoms with Crippen LogP contribution in [0.5, 0.6) is 23.0 Å². The van der Waals surface area contributed by atoms with Crippen LogP contribution in [0.4, 0.5) is 0 Å². The largest absolute Gasteiger partial charge is 0.506 e. The molecule has 0 spiro atoms. The summed E-state index contributed by atoms with van der Waals surface area (Å²) in [7, 11) is 1.52. The third-order valence-electron chi connectivity index (χ3n) is 6.72. The van der Waals surface area contributed by atoms with Gasteiger partial charge in [0.15, 0.2) is 23.0 Å². The van der Waals surface area contributed by atoms with Gasteiger partial charge in [-0.3, -0.25) is 9.59 Å². The molecule has 0 bridgehead atoms. The summed E-state index contributed by atoms with van der Waals surface area (Å²) in [6.07, 6.45) is 0.533. The van der Waals surface area contributed by atoms with Crippen molar-refractivity contribution in [3.05, 3.63) is 92.8 Å². The first-order chi connectivity index (χ1) is 18.3. The van der Waals surface area contributed by atoms with Crippen molar-refractivity contribution in [1.29, 1.82) is 0 Å². The van der Waals surface area contributed by atoms with Gasteiger partial charge in [-0.15, -0.1) is 0 Å². The summed E-state index contributed by atoms with van der Waals surface area (Å²) in [4.78, 5) is 37.9. The molecule has 1 aromatic heterocycles. The van der Waals surface area contributed by atoms with Crippen LogP contribution in [0.25, 0.3) is 11.0 Å². The monoisotopic (exact) mass is 514 g/mol. The summed E-state index contributed by atoms with van der Waals surface area (Å²) in [6, 6.07) is 16.4. The van der Waals surface area contributed by atoms with Crippen molar-refractivity contribution in [3.8, 4) is 23.0 Å². The molecule has 0 amide bonds. The number of fused-ring (bicyclic) bond motifs is 3. The molecule has 0 fully saturated rings. The van der Waals surface area contributed by atoms with Gasteiger partial charge in [-0.25, -0.2) is 4.79 Å². The molecule has 0 saturated carbocycles. The third-order valence-corrected chi connectivity index (χ3v) is 6.72. The number of hydrogen-bond donors (Lipinski definition) is 1. The Kier molecular flexibility index (Phi) is 6.63. The Morgan fingerprint density at radius 2 is 1.87 bits per heavy atom. The number of aryl methyl sites for hydroxylation is 1. The number of carbonyl (C=O) groups is 2. The number of benzene rings is 3. The van der Waals surface area contributed by atoms with Crippen molar-refractivity contribution in [1.82, 2.24) is 0 Å². The van der Waals surface area contributed by atoms with E-state index in [1.807, 2.05) is 30.3 Å². The fourth-order valence-corrected chi connectivity index (χ4v) is 5.04. The second-order valence-corrected chi connectivity index (χ2v) is 9.17. The van der Waals surface area contributed by atoms with Crippen LogP contribution in [0.1, 0.15) is 51.9 Å². The Bertz CT molecular complexity index is 1620. The molecule has 1 aliphatic heterocycles. The van der Waals surface area contributed by atoms with Gasteiger partial charge in [0.25, 0.3) is 0 Å².